The largest absolute Gasteiger partial charge is 0.377 e. The topological polar surface area (TPSA) is 9.23 Å². The molecule has 0 bridgehead atoms. The van der Waals surface area contributed by atoms with Crippen LogP contribution < -0.4 is 0 Å². The summed E-state index contributed by atoms with van der Waals surface area (Å²) in [6.45, 7) is 5.18. The van der Waals surface area contributed by atoms with E-state index in [1.165, 1.54) is 0 Å². The van der Waals surface area contributed by atoms with Gasteiger partial charge in [-0.3, -0.25) is 0 Å². The molecule has 0 amide bonds. The SMILES string of the molecule is CCCCOCc1cc2ccc(C)cc2cc1F. The van der Waals surface area contributed by atoms with Crippen molar-refractivity contribution in [2.45, 2.75) is 33.3 Å². The van der Waals surface area contributed by atoms with E-state index in [0.29, 0.717) is 18.8 Å². The Bertz CT molecular complexity index is 534. The molecule has 0 unspecified atom stereocenters. The molecular formula is C16H19FO. The van der Waals surface area contributed by atoms with Gasteiger partial charge in [0.05, 0.1) is 6.61 Å². The van der Waals surface area contributed by atoms with Crippen LogP contribution in [0.2, 0.25) is 0 Å². The number of aryl methyl sites for hydroxylation is 1. The van der Waals surface area contributed by atoms with Crippen molar-refractivity contribution in [2.24, 2.45) is 0 Å². The van der Waals surface area contributed by atoms with Crippen LogP contribution >= 0.6 is 0 Å². The van der Waals surface area contributed by atoms with Crippen molar-refractivity contribution < 1.29 is 9.13 Å². The summed E-state index contributed by atoms with van der Waals surface area (Å²) in [5, 5.41) is 2.01. The maximum atomic E-state index is 13.9. The number of fused-ring (bicyclic) bond motifs is 1. The lowest BCUT2D eigenvalue weighted by Crippen LogP contribution is -1.98. The summed E-state index contributed by atoms with van der Waals surface area (Å²) in [7, 11) is 0. The Morgan fingerprint density at radius 3 is 2.72 bits per heavy atom. The summed E-state index contributed by atoms with van der Waals surface area (Å²) < 4.78 is 19.4. The van der Waals surface area contributed by atoms with Crippen LogP contribution in [0.15, 0.2) is 30.3 Å². The molecule has 0 saturated carbocycles. The van der Waals surface area contributed by atoms with Gasteiger partial charge in [-0.25, -0.2) is 4.39 Å². The van der Waals surface area contributed by atoms with Crippen LogP contribution in [0.3, 0.4) is 0 Å². The molecule has 1 nitrogen and oxygen atoms in total. The maximum Gasteiger partial charge on any atom is 0.129 e. The van der Waals surface area contributed by atoms with Crippen molar-refractivity contribution >= 4 is 10.8 Å². The Labute approximate surface area is 108 Å². The van der Waals surface area contributed by atoms with E-state index in [2.05, 4.69) is 6.92 Å². The minimum absolute atomic E-state index is 0.176. The molecule has 96 valence electrons. The Hall–Kier alpha value is -1.41. The lowest BCUT2D eigenvalue weighted by atomic mass is 10.0. The number of rotatable bonds is 5. The normalized spacial score (nSPS) is 11.1. The van der Waals surface area contributed by atoms with Gasteiger partial charge >= 0.3 is 0 Å². The van der Waals surface area contributed by atoms with Gasteiger partial charge in [-0.2, -0.15) is 0 Å². The molecular weight excluding hydrogens is 227 g/mol. The first-order valence-corrected chi connectivity index (χ1v) is 6.47. The van der Waals surface area contributed by atoms with Gasteiger partial charge in [0.1, 0.15) is 5.82 Å². The van der Waals surface area contributed by atoms with Crippen molar-refractivity contribution in [1.29, 1.82) is 0 Å². The van der Waals surface area contributed by atoms with Gasteiger partial charge in [-0.15, -0.1) is 0 Å². The maximum absolute atomic E-state index is 13.9. The minimum Gasteiger partial charge on any atom is -0.377 e. The Balaban J connectivity index is 2.18. The zero-order valence-electron chi connectivity index (χ0n) is 11.0. The fourth-order valence-electron chi connectivity index (χ4n) is 1.98. The summed E-state index contributed by atoms with van der Waals surface area (Å²) in [6, 6.07) is 9.55. The zero-order chi connectivity index (χ0) is 13.0. The smallest absolute Gasteiger partial charge is 0.129 e. The predicted molar refractivity (Wildman–Crippen MR) is 73.2 cm³/mol. The standard InChI is InChI=1S/C16H19FO/c1-3-4-7-18-11-15-9-13-6-5-12(2)8-14(13)10-16(15)17/h5-6,8-10H,3-4,7,11H2,1-2H3. The van der Waals surface area contributed by atoms with E-state index in [4.69, 9.17) is 4.74 Å². The minimum atomic E-state index is -0.176. The quantitative estimate of drug-likeness (QED) is 0.700. The van der Waals surface area contributed by atoms with Crippen molar-refractivity contribution in [3.8, 4) is 0 Å². The number of ether oxygens (including phenoxy) is 1. The van der Waals surface area contributed by atoms with Crippen LogP contribution in [-0.2, 0) is 11.3 Å². The summed E-state index contributed by atoms with van der Waals surface area (Å²) in [4.78, 5) is 0. The number of unbranched alkanes of at least 4 members (excludes halogenated alkanes) is 1. The van der Waals surface area contributed by atoms with E-state index >= 15 is 0 Å². The molecule has 0 atom stereocenters. The Kier molecular flexibility index (Phi) is 4.32. The first kappa shape index (κ1) is 13.0. The lowest BCUT2D eigenvalue weighted by molar-refractivity contribution is 0.116. The molecule has 0 aromatic heterocycles. The second-order valence-corrected chi connectivity index (χ2v) is 4.70. The van der Waals surface area contributed by atoms with Gasteiger partial charge < -0.3 is 4.74 Å². The summed E-state index contributed by atoms with van der Waals surface area (Å²) in [5.41, 5.74) is 1.79. The number of hydrogen-bond donors (Lipinski definition) is 0. The third kappa shape index (κ3) is 3.08. The van der Waals surface area contributed by atoms with Crippen LogP contribution in [0.1, 0.15) is 30.9 Å². The van der Waals surface area contributed by atoms with Gasteiger partial charge in [0.25, 0.3) is 0 Å². The number of halogens is 1. The van der Waals surface area contributed by atoms with Crippen LogP contribution in [-0.4, -0.2) is 6.61 Å². The zero-order valence-corrected chi connectivity index (χ0v) is 11.0. The fraction of sp³-hybridized carbons (Fsp3) is 0.375. The molecule has 18 heavy (non-hydrogen) atoms. The number of benzene rings is 2. The summed E-state index contributed by atoms with van der Waals surface area (Å²) >= 11 is 0. The second-order valence-electron chi connectivity index (χ2n) is 4.70. The monoisotopic (exact) mass is 246 g/mol. The van der Waals surface area contributed by atoms with Gasteiger partial charge in [-0.1, -0.05) is 37.1 Å². The van der Waals surface area contributed by atoms with Crippen LogP contribution in [0.5, 0.6) is 0 Å². The van der Waals surface area contributed by atoms with E-state index in [9.17, 15) is 4.39 Å². The molecule has 2 heteroatoms. The number of hydrogen-bond acceptors (Lipinski definition) is 1. The molecule has 2 rings (SSSR count). The van der Waals surface area contributed by atoms with Crippen LogP contribution in [0, 0.1) is 12.7 Å². The molecule has 0 heterocycles. The van der Waals surface area contributed by atoms with Crippen molar-refractivity contribution in [3.05, 3.63) is 47.3 Å². The first-order valence-electron chi connectivity index (χ1n) is 6.47. The third-order valence-electron chi connectivity index (χ3n) is 3.06. The van der Waals surface area contributed by atoms with Gasteiger partial charge in [0, 0.05) is 12.2 Å². The fourth-order valence-corrected chi connectivity index (χ4v) is 1.98. The van der Waals surface area contributed by atoms with E-state index < -0.39 is 0 Å². The second kappa shape index (κ2) is 5.96. The van der Waals surface area contributed by atoms with E-state index in [1.807, 2.05) is 31.2 Å². The van der Waals surface area contributed by atoms with E-state index in [0.717, 1.165) is 29.2 Å². The highest BCUT2D eigenvalue weighted by Crippen LogP contribution is 2.21. The molecule has 0 radical (unpaired) electrons. The molecule has 0 aliphatic heterocycles. The van der Waals surface area contributed by atoms with Crippen LogP contribution in [0.25, 0.3) is 10.8 Å². The molecule has 0 saturated heterocycles. The molecule has 2 aromatic carbocycles. The summed E-state index contributed by atoms with van der Waals surface area (Å²) in [5.74, 6) is -0.176. The average molecular weight is 246 g/mol. The highest BCUT2D eigenvalue weighted by Gasteiger charge is 2.05. The molecule has 0 fully saturated rings. The first-order chi connectivity index (χ1) is 8.70. The lowest BCUT2D eigenvalue weighted by Gasteiger charge is -2.07. The molecule has 0 N–H and O–H groups in total. The van der Waals surface area contributed by atoms with Crippen molar-refractivity contribution in [2.75, 3.05) is 6.61 Å². The molecule has 0 spiro atoms. The van der Waals surface area contributed by atoms with Crippen LogP contribution in [0.4, 0.5) is 4.39 Å². The molecule has 2 aromatic rings. The molecule has 0 aliphatic carbocycles. The average Bonchev–Trinajstić information content (AvgIpc) is 2.35. The Morgan fingerprint density at radius 2 is 1.94 bits per heavy atom. The Morgan fingerprint density at radius 1 is 1.11 bits per heavy atom. The third-order valence-corrected chi connectivity index (χ3v) is 3.06. The van der Waals surface area contributed by atoms with Crippen molar-refractivity contribution in [3.63, 3.8) is 0 Å². The van der Waals surface area contributed by atoms with E-state index in [-0.39, 0.29) is 5.82 Å². The highest BCUT2D eigenvalue weighted by atomic mass is 19.1. The van der Waals surface area contributed by atoms with Gasteiger partial charge in [0.2, 0.25) is 0 Å². The van der Waals surface area contributed by atoms with E-state index in [1.54, 1.807) is 6.07 Å². The predicted octanol–water partition coefficient (Wildman–Crippen LogP) is 4.60. The molecule has 0 aliphatic rings. The summed E-state index contributed by atoms with van der Waals surface area (Å²) in [6.07, 6.45) is 2.12. The highest BCUT2D eigenvalue weighted by molar-refractivity contribution is 5.83. The van der Waals surface area contributed by atoms with Gasteiger partial charge in [-0.05, 0) is 36.2 Å². The van der Waals surface area contributed by atoms with Gasteiger partial charge in [0.15, 0.2) is 0 Å². The van der Waals surface area contributed by atoms with Crippen molar-refractivity contribution in [1.82, 2.24) is 0 Å².